The van der Waals surface area contributed by atoms with Gasteiger partial charge in [0.15, 0.2) is 0 Å². The van der Waals surface area contributed by atoms with Crippen LogP contribution in [0, 0.1) is 0 Å². The Morgan fingerprint density at radius 3 is 2.12 bits per heavy atom. The lowest BCUT2D eigenvalue weighted by Gasteiger charge is -2.23. The number of carbonyl (C=O) groups is 1. The molecule has 5 nitrogen and oxygen atoms in total. The molecule has 0 heterocycles. The van der Waals surface area contributed by atoms with E-state index in [1.807, 2.05) is 30.3 Å². The zero-order valence-corrected chi connectivity index (χ0v) is 14.3. The molecule has 0 spiro atoms. The normalized spacial score (nSPS) is 10.3. The largest absolute Gasteiger partial charge is 0.497 e. The Kier molecular flexibility index (Phi) is 6.63. The molecule has 0 aliphatic heterocycles. The number of hydrogen-bond donors (Lipinski definition) is 0. The summed E-state index contributed by atoms with van der Waals surface area (Å²) in [5.41, 5.74) is 1.59. The van der Waals surface area contributed by atoms with Crippen molar-refractivity contribution in [3.05, 3.63) is 59.7 Å². The van der Waals surface area contributed by atoms with Crippen molar-refractivity contribution >= 4 is 5.91 Å². The van der Waals surface area contributed by atoms with Gasteiger partial charge in [0.1, 0.15) is 11.5 Å². The summed E-state index contributed by atoms with van der Waals surface area (Å²) in [6, 6.07) is 15.1. The standard InChI is InChI=1S/C19H23NO4/c1-22-10-9-20(14-15-7-5-4-6-8-15)19(21)16-11-17(23-2)13-18(12-16)24-3/h4-8,11-13H,9-10,14H2,1-3H3. The Morgan fingerprint density at radius 2 is 1.58 bits per heavy atom. The lowest BCUT2D eigenvalue weighted by atomic mass is 10.1. The quantitative estimate of drug-likeness (QED) is 0.747. The molecule has 128 valence electrons. The number of ether oxygens (including phenoxy) is 3. The van der Waals surface area contributed by atoms with Crippen molar-refractivity contribution in [2.75, 3.05) is 34.5 Å². The summed E-state index contributed by atoms with van der Waals surface area (Å²) < 4.78 is 15.6. The maximum atomic E-state index is 13.0. The molecule has 0 N–H and O–H groups in total. The molecule has 0 saturated carbocycles. The van der Waals surface area contributed by atoms with Crippen LogP contribution in [0.15, 0.2) is 48.5 Å². The van der Waals surface area contributed by atoms with Crippen molar-refractivity contribution in [1.29, 1.82) is 0 Å². The Bertz CT molecular complexity index is 635. The first-order valence-corrected chi connectivity index (χ1v) is 7.73. The number of benzene rings is 2. The van der Waals surface area contributed by atoms with Crippen LogP contribution in [0.1, 0.15) is 15.9 Å². The summed E-state index contributed by atoms with van der Waals surface area (Å²) in [6.07, 6.45) is 0. The number of nitrogens with zero attached hydrogens (tertiary/aromatic N) is 1. The molecule has 2 aromatic rings. The van der Waals surface area contributed by atoms with Crippen LogP contribution < -0.4 is 9.47 Å². The Balaban J connectivity index is 2.26. The van der Waals surface area contributed by atoms with Crippen molar-refractivity contribution in [3.8, 4) is 11.5 Å². The van der Waals surface area contributed by atoms with Gasteiger partial charge >= 0.3 is 0 Å². The number of carbonyl (C=O) groups excluding carboxylic acids is 1. The van der Waals surface area contributed by atoms with E-state index in [2.05, 4.69) is 0 Å². The third-order valence-corrected chi connectivity index (χ3v) is 3.67. The van der Waals surface area contributed by atoms with Crippen molar-refractivity contribution in [3.63, 3.8) is 0 Å². The van der Waals surface area contributed by atoms with Crippen LogP contribution in [-0.2, 0) is 11.3 Å². The van der Waals surface area contributed by atoms with Gasteiger partial charge in [-0.3, -0.25) is 4.79 Å². The minimum absolute atomic E-state index is 0.0897. The highest BCUT2D eigenvalue weighted by molar-refractivity contribution is 5.95. The van der Waals surface area contributed by atoms with E-state index in [4.69, 9.17) is 14.2 Å². The van der Waals surface area contributed by atoms with Crippen LogP contribution >= 0.6 is 0 Å². The molecule has 0 fully saturated rings. The minimum atomic E-state index is -0.0897. The van der Waals surface area contributed by atoms with E-state index in [-0.39, 0.29) is 5.91 Å². The molecule has 2 rings (SSSR count). The summed E-state index contributed by atoms with van der Waals surface area (Å²) in [5, 5.41) is 0. The molecule has 0 unspecified atom stereocenters. The molecule has 0 aliphatic carbocycles. The highest BCUT2D eigenvalue weighted by Crippen LogP contribution is 2.24. The van der Waals surface area contributed by atoms with Crippen LogP contribution in [-0.4, -0.2) is 45.3 Å². The van der Waals surface area contributed by atoms with Gasteiger partial charge in [0, 0.05) is 31.8 Å². The highest BCUT2D eigenvalue weighted by Gasteiger charge is 2.18. The van der Waals surface area contributed by atoms with E-state index in [0.717, 1.165) is 5.56 Å². The molecular weight excluding hydrogens is 306 g/mol. The van der Waals surface area contributed by atoms with Gasteiger partial charge in [-0.2, -0.15) is 0 Å². The number of rotatable bonds is 8. The van der Waals surface area contributed by atoms with Crippen molar-refractivity contribution < 1.29 is 19.0 Å². The predicted molar refractivity (Wildman–Crippen MR) is 92.6 cm³/mol. The first-order valence-electron chi connectivity index (χ1n) is 7.73. The predicted octanol–water partition coefficient (Wildman–Crippen LogP) is 2.99. The fourth-order valence-electron chi connectivity index (χ4n) is 2.37. The van der Waals surface area contributed by atoms with E-state index in [1.54, 1.807) is 44.4 Å². The maximum absolute atomic E-state index is 13.0. The molecule has 0 radical (unpaired) electrons. The van der Waals surface area contributed by atoms with Gasteiger partial charge in [-0.05, 0) is 17.7 Å². The third kappa shape index (κ3) is 4.73. The van der Waals surface area contributed by atoms with Crippen LogP contribution in [0.3, 0.4) is 0 Å². The molecule has 2 aromatic carbocycles. The van der Waals surface area contributed by atoms with Gasteiger partial charge in [0.05, 0.1) is 20.8 Å². The van der Waals surface area contributed by atoms with Crippen LogP contribution in [0.4, 0.5) is 0 Å². The molecule has 1 amide bonds. The van der Waals surface area contributed by atoms with Gasteiger partial charge < -0.3 is 19.1 Å². The number of hydrogen-bond acceptors (Lipinski definition) is 4. The minimum Gasteiger partial charge on any atom is -0.497 e. The van der Waals surface area contributed by atoms with E-state index < -0.39 is 0 Å². The van der Waals surface area contributed by atoms with Gasteiger partial charge in [0.25, 0.3) is 5.91 Å². The topological polar surface area (TPSA) is 48.0 Å². The Hall–Kier alpha value is -2.53. The average Bonchev–Trinajstić information content (AvgIpc) is 2.64. The molecule has 0 bridgehead atoms. The van der Waals surface area contributed by atoms with Crippen LogP contribution in [0.2, 0.25) is 0 Å². The van der Waals surface area contributed by atoms with E-state index >= 15 is 0 Å². The fourth-order valence-corrected chi connectivity index (χ4v) is 2.37. The maximum Gasteiger partial charge on any atom is 0.254 e. The zero-order chi connectivity index (χ0) is 17.4. The SMILES string of the molecule is COCCN(Cc1ccccc1)C(=O)c1cc(OC)cc(OC)c1. The van der Waals surface area contributed by atoms with Crippen molar-refractivity contribution in [1.82, 2.24) is 4.90 Å². The summed E-state index contributed by atoms with van der Waals surface area (Å²) in [4.78, 5) is 14.7. The second-order valence-corrected chi connectivity index (χ2v) is 5.31. The van der Waals surface area contributed by atoms with Gasteiger partial charge in [-0.25, -0.2) is 0 Å². The van der Waals surface area contributed by atoms with Crippen molar-refractivity contribution in [2.45, 2.75) is 6.54 Å². The van der Waals surface area contributed by atoms with E-state index in [0.29, 0.717) is 36.8 Å². The molecule has 5 heteroatoms. The second-order valence-electron chi connectivity index (χ2n) is 5.31. The first-order chi connectivity index (χ1) is 11.7. The summed E-state index contributed by atoms with van der Waals surface area (Å²) in [6.45, 7) is 1.49. The highest BCUT2D eigenvalue weighted by atomic mass is 16.5. The molecular formula is C19H23NO4. The Morgan fingerprint density at radius 1 is 0.958 bits per heavy atom. The van der Waals surface area contributed by atoms with Crippen LogP contribution in [0.25, 0.3) is 0 Å². The molecule has 0 aromatic heterocycles. The smallest absolute Gasteiger partial charge is 0.254 e. The third-order valence-electron chi connectivity index (χ3n) is 3.67. The first kappa shape index (κ1) is 17.8. The summed E-state index contributed by atoms with van der Waals surface area (Å²) >= 11 is 0. The van der Waals surface area contributed by atoms with Crippen LogP contribution in [0.5, 0.6) is 11.5 Å². The van der Waals surface area contributed by atoms with Crippen molar-refractivity contribution in [2.24, 2.45) is 0 Å². The summed E-state index contributed by atoms with van der Waals surface area (Å²) in [5.74, 6) is 1.08. The molecule has 24 heavy (non-hydrogen) atoms. The lowest BCUT2D eigenvalue weighted by Crippen LogP contribution is -2.33. The van der Waals surface area contributed by atoms with Gasteiger partial charge in [-0.1, -0.05) is 30.3 Å². The Labute approximate surface area is 142 Å². The zero-order valence-electron chi connectivity index (χ0n) is 14.3. The molecule has 0 atom stereocenters. The monoisotopic (exact) mass is 329 g/mol. The molecule has 0 saturated heterocycles. The van der Waals surface area contributed by atoms with Gasteiger partial charge in [0.2, 0.25) is 0 Å². The molecule has 0 aliphatic rings. The fraction of sp³-hybridized carbons (Fsp3) is 0.316. The van der Waals surface area contributed by atoms with E-state index in [1.165, 1.54) is 0 Å². The van der Waals surface area contributed by atoms with E-state index in [9.17, 15) is 4.79 Å². The summed E-state index contributed by atoms with van der Waals surface area (Å²) in [7, 11) is 4.76. The van der Waals surface area contributed by atoms with Gasteiger partial charge in [-0.15, -0.1) is 0 Å². The second kappa shape index (κ2) is 8.93. The number of methoxy groups -OCH3 is 3. The number of amides is 1. The lowest BCUT2D eigenvalue weighted by molar-refractivity contribution is 0.0679. The average molecular weight is 329 g/mol.